The van der Waals surface area contributed by atoms with Gasteiger partial charge < -0.3 is 25.3 Å². The van der Waals surface area contributed by atoms with Crippen LogP contribution in [0, 0.1) is 11.6 Å². The largest absolute Gasteiger partial charge is 0.369 e. The summed E-state index contributed by atoms with van der Waals surface area (Å²) in [7, 11) is 1.28. The second-order valence-electron chi connectivity index (χ2n) is 10.6. The first-order valence-electron chi connectivity index (χ1n) is 13.4. The predicted octanol–water partition coefficient (Wildman–Crippen LogP) is 3.18. The average molecular weight is 612 g/mol. The molecule has 14 heteroatoms. The van der Waals surface area contributed by atoms with Gasteiger partial charge in [-0.1, -0.05) is 0 Å². The number of piperazine rings is 1. The van der Waals surface area contributed by atoms with E-state index in [-0.39, 0.29) is 34.1 Å². The second-order valence-corrected chi connectivity index (χ2v) is 12.6. The molecule has 5 rings (SSSR count). The zero-order valence-electron chi connectivity index (χ0n) is 23.8. The third-order valence-electron chi connectivity index (χ3n) is 7.07. The van der Waals surface area contributed by atoms with Crippen molar-refractivity contribution in [3.63, 3.8) is 0 Å². The molecule has 3 aromatic carbocycles. The van der Waals surface area contributed by atoms with Crippen LogP contribution in [0.5, 0.6) is 0 Å². The number of H-pyrrole nitrogens is 1. The lowest BCUT2D eigenvalue weighted by molar-refractivity contribution is -0.116. The van der Waals surface area contributed by atoms with Crippen LogP contribution in [0.25, 0.3) is 10.9 Å². The molecule has 4 aromatic rings. The number of likely N-dealkylation sites (N-methyl/N-ethyl adjacent to an activating group) is 2. The van der Waals surface area contributed by atoms with Crippen molar-refractivity contribution < 1.29 is 26.8 Å². The highest BCUT2D eigenvalue weighted by Gasteiger charge is 2.23. The lowest BCUT2D eigenvalue weighted by atomic mass is 10.1. The maximum absolute atomic E-state index is 13.8. The Morgan fingerprint density at radius 1 is 0.930 bits per heavy atom. The maximum Gasteiger partial charge on any atom is 0.258 e. The van der Waals surface area contributed by atoms with Gasteiger partial charge in [0.1, 0.15) is 11.6 Å². The molecule has 0 spiro atoms. The number of carbonyl (C=O) groups excluding carboxylic acids is 2. The van der Waals surface area contributed by atoms with Gasteiger partial charge in [0.05, 0.1) is 33.1 Å². The van der Waals surface area contributed by atoms with E-state index in [9.17, 15) is 26.8 Å². The van der Waals surface area contributed by atoms with Gasteiger partial charge in [-0.15, -0.1) is 0 Å². The van der Waals surface area contributed by atoms with Gasteiger partial charge in [0, 0.05) is 43.3 Å². The zero-order valence-corrected chi connectivity index (χ0v) is 24.6. The number of fused-ring (bicyclic) bond motifs is 1. The Labute approximate surface area is 247 Å². The van der Waals surface area contributed by atoms with Crippen LogP contribution in [-0.4, -0.2) is 94.1 Å². The van der Waals surface area contributed by atoms with Crippen LogP contribution in [-0.2, 0) is 14.6 Å². The number of sulfone groups is 1. The van der Waals surface area contributed by atoms with E-state index >= 15 is 0 Å². The van der Waals surface area contributed by atoms with Crippen LogP contribution >= 0.6 is 0 Å². The van der Waals surface area contributed by atoms with E-state index in [1.807, 2.05) is 6.07 Å². The summed E-state index contributed by atoms with van der Waals surface area (Å²) in [6, 6.07) is 11.2. The molecule has 0 bridgehead atoms. The third-order valence-corrected chi connectivity index (χ3v) is 8.80. The molecule has 3 N–H and O–H groups in total. The molecular weight excluding hydrogens is 580 g/mol. The van der Waals surface area contributed by atoms with Gasteiger partial charge in [-0.2, -0.15) is 5.10 Å². The molecule has 0 saturated carbocycles. The molecule has 11 nitrogen and oxygen atoms in total. The van der Waals surface area contributed by atoms with Crippen molar-refractivity contribution in [1.82, 2.24) is 20.0 Å². The van der Waals surface area contributed by atoms with Crippen LogP contribution in [0.15, 0.2) is 64.4 Å². The van der Waals surface area contributed by atoms with Crippen molar-refractivity contribution in [2.24, 2.45) is 0 Å². The van der Waals surface area contributed by atoms with Crippen LogP contribution < -0.4 is 15.5 Å². The Morgan fingerprint density at radius 2 is 1.63 bits per heavy atom. The average Bonchev–Trinajstić information content (AvgIpc) is 3.34. The first kappa shape index (κ1) is 30.1. The fraction of sp³-hybridized carbons (Fsp3) is 0.276. The van der Waals surface area contributed by atoms with Crippen molar-refractivity contribution in [3.05, 3.63) is 71.8 Å². The zero-order chi connectivity index (χ0) is 30.9. The quantitative estimate of drug-likeness (QED) is 0.277. The molecule has 0 radical (unpaired) electrons. The predicted molar refractivity (Wildman–Crippen MR) is 159 cm³/mol. The Kier molecular flexibility index (Phi) is 8.44. The molecule has 2 amide bonds. The minimum absolute atomic E-state index is 0.0381. The number of aromatic amines is 1. The van der Waals surface area contributed by atoms with Crippen LogP contribution in [0.1, 0.15) is 10.4 Å². The third kappa shape index (κ3) is 6.66. The standard InChI is InChI=1S/C29H31F2N7O4S/c1-36(2)17-27(39)32-26-15-20(38-10-8-37(3)9-11-38)4-6-23(26)29(40)33-28-24-16-21(5-7-25(24)34-35-28)43(41,42)22-13-18(30)12-19(31)14-22/h4-7,12-16H,8-11,17H2,1-3H3,(H,32,39)(H2,33,34,35,40). The number of carbonyl (C=O) groups is 2. The molecule has 0 atom stereocenters. The minimum Gasteiger partial charge on any atom is -0.369 e. The summed E-state index contributed by atoms with van der Waals surface area (Å²) in [6.07, 6.45) is 0. The number of benzene rings is 3. The van der Waals surface area contributed by atoms with Crippen LogP contribution in [0.3, 0.4) is 0 Å². The molecule has 2 heterocycles. The van der Waals surface area contributed by atoms with Crippen LogP contribution in [0.4, 0.5) is 26.0 Å². The first-order chi connectivity index (χ1) is 20.4. The van der Waals surface area contributed by atoms with E-state index in [0.29, 0.717) is 17.3 Å². The smallest absolute Gasteiger partial charge is 0.258 e. The van der Waals surface area contributed by atoms with Gasteiger partial charge in [0.25, 0.3) is 5.91 Å². The van der Waals surface area contributed by atoms with Gasteiger partial charge in [-0.05, 0) is 69.7 Å². The fourth-order valence-electron chi connectivity index (χ4n) is 4.82. The highest BCUT2D eigenvalue weighted by molar-refractivity contribution is 7.91. The first-order valence-corrected chi connectivity index (χ1v) is 14.9. The number of halogens is 2. The Balaban J connectivity index is 1.46. The lowest BCUT2D eigenvalue weighted by Crippen LogP contribution is -2.44. The summed E-state index contributed by atoms with van der Waals surface area (Å²) in [5.41, 5.74) is 1.78. The summed E-state index contributed by atoms with van der Waals surface area (Å²) in [6.45, 7) is 3.45. The Hall–Kier alpha value is -4.40. The number of hydrogen-bond donors (Lipinski definition) is 3. The van der Waals surface area contributed by atoms with Crippen molar-refractivity contribution >= 4 is 49.7 Å². The number of anilines is 3. The van der Waals surface area contributed by atoms with Gasteiger partial charge in [-0.3, -0.25) is 14.7 Å². The molecule has 1 saturated heterocycles. The maximum atomic E-state index is 13.8. The van der Waals surface area contributed by atoms with E-state index in [1.54, 1.807) is 31.1 Å². The number of nitrogens with zero attached hydrogens (tertiary/aromatic N) is 4. The number of nitrogens with one attached hydrogen (secondary N) is 3. The Morgan fingerprint density at radius 3 is 2.30 bits per heavy atom. The van der Waals surface area contributed by atoms with E-state index in [2.05, 4.69) is 37.7 Å². The highest BCUT2D eigenvalue weighted by atomic mass is 32.2. The van der Waals surface area contributed by atoms with Crippen molar-refractivity contribution in [2.75, 3.05) is 69.4 Å². The monoisotopic (exact) mass is 611 g/mol. The molecule has 226 valence electrons. The highest BCUT2D eigenvalue weighted by Crippen LogP contribution is 2.30. The molecule has 1 aliphatic rings. The van der Waals surface area contributed by atoms with Gasteiger partial charge >= 0.3 is 0 Å². The van der Waals surface area contributed by atoms with Crippen molar-refractivity contribution in [3.8, 4) is 0 Å². The fourth-order valence-corrected chi connectivity index (χ4v) is 6.15. The van der Waals surface area contributed by atoms with Gasteiger partial charge in [-0.25, -0.2) is 17.2 Å². The minimum atomic E-state index is -4.29. The second kappa shape index (κ2) is 12.1. The topological polar surface area (TPSA) is 131 Å². The summed E-state index contributed by atoms with van der Waals surface area (Å²) < 4.78 is 53.9. The number of hydrogen-bond acceptors (Lipinski definition) is 8. The molecule has 1 fully saturated rings. The summed E-state index contributed by atoms with van der Waals surface area (Å²) >= 11 is 0. The molecule has 0 unspecified atom stereocenters. The van der Waals surface area contributed by atoms with Gasteiger partial charge in [0.15, 0.2) is 5.82 Å². The molecule has 0 aliphatic carbocycles. The van der Waals surface area contributed by atoms with Crippen molar-refractivity contribution in [1.29, 1.82) is 0 Å². The van der Waals surface area contributed by atoms with E-state index in [4.69, 9.17) is 0 Å². The molecular formula is C29H31F2N7O4S. The molecule has 1 aromatic heterocycles. The molecule has 1 aliphatic heterocycles. The van der Waals surface area contributed by atoms with Gasteiger partial charge in [0.2, 0.25) is 15.7 Å². The van der Waals surface area contributed by atoms with Crippen molar-refractivity contribution in [2.45, 2.75) is 9.79 Å². The van der Waals surface area contributed by atoms with E-state index in [0.717, 1.165) is 44.0 Å². The summed E-state index contributed by atoms with van der Waals surface area (Å²) in [5.74, 6) is -2.90. The summed E-state index contributed by atoms with van der Waals surface area (Å²) in [4.78, 5) is 31.5. The lowest BCUT2D eigenvalue weighted by Gasteiger charge is -2.34. The Bertz CT molecular complexity index is 1780. The van der Waals surface area contributed by atoms with Crippen LogP contribution in [0.2, 0.25) is 0 Å². The normalized spacial score (nSPS) is 14.3. The number of rotatable bonds is 8. The van der Waals surface area contributed by atoms with E-state index < -0.39 is 32.3 Å². The molecule has 43 heavy (non-hydrogen) atoms. The SMILES string of the molecule is CN(C)CC(=O)Nc1cc(N2CCN(C)CC2)ccc1C(=O)Nc1n[nH]c2ccc(S(=O)(=O)c3cc(F)cc(F)c3)cc12. The number of amides is 2. The van der Waals surface area contributed by atoms with E-state index in [1.165, 1.54) is 18.2 Å². The summed E-state index contributed by atoms with van der Waals surface area (Å²) in [5, 5.41) is 12.7. The number of aromatic nitrogens is 2.